The third kappa shape index (κ3) is 3.59. The van der Waals surface area contributed by atoms with Crippen LogP contribution >= 0.6 is 34.8 Å². The van der Waals surface area contributed by atoms with Gasteiger partial charge < -0.3 is 15.3 Å². The van der Waals surface area contributed by atoms with Crippen LogP contribution in [0, 0.1) is 11.3 Å². The molecule has 0 radical (unpaired) electrons. The highest BCUT2D eigenvalue weighted by Crippen LogP contribution is 2.40. The summed E-state index contributed by atoms with van der Waals surface area (Å²) in [6.45, 7) is 1.60. The van der Waals surface area contributed by atoms with Crippen molar-refractivity contribution in [2.45, 2.75) is 19.5 Å². The summed E-state index contributed by atoms with van der Waals surface area (Å²) in [5, 5.41) is 18.0. The Kier molecular flexibility index (Phi) is 5.49. The van der Waals surface area contributed by atoms with Crippen molar-refractivity contribution in [1.82, 2.24) is 4.98 Å². The maximum atomic E-state index is 13.2. The summed E-state index contributed by atoms with van der Waals surface area (Å²) >= 11 is 17.6. The third-order valence-electron chi connectivity index (χ3n) is 3.24. The summed E-state index contributed by atoms with van der Waals surface area (Å²) in [5.74, 6) is -2.36. The lowest BCUT2D eigenvalue weighted by Gasteiger charge is -2.12. The number of nitrogens with zero attached hydrogens (tertiary/aromatic N) is 1. The SMILES string of the molecule is CCOC(=O)C(C(=N)[C@H]1C[C@@H]1F)=C(O)c1cnc(Cl)c(Cl)c1Cl. The van der Waals surface area contributed by atoms with Gasteiger partial charge in [0.25, 0.3) is 0 Å². The maximum Gasteiger partial charge on any atom is 0.343 e. The van der Waals surface area contributed by atoms with Crippen LogP contribution in [0.5, 0.6) is 0 Å². The first-order valence-corrected chi connectivity index (χ1v) is 7.76. The quantitative estimate of drug-likeness (QED) is 0.262. The van der Waals surface area contributed by atoms with Crippen LogP contribution in [0.3, 0.4) is 0 Å². The molecule has 1 fully saturated rings. The minimum Gasteiger partial charge on any atom is -0.506 e. The van der Waals surface area contributed by atoms with Crippen molar-refractivity contribution in [2.75, 3.05) is 6.61 Å². The molecule has 23 heavy (non-hydrogen) atoms. The van der Waals surface area contributed by atoms with Gasteiger partial charge in [0.15, 0.2) is 0 Å². The van der Waals surface area contributed by atoms with Gasteiger partial charge in [-0.25, -0.2) is 14.2 Å². The smallest absolute Gasteiger partial charge is 0.343 e. The molecule has 0 aliphatic heterocycles. The van der Waals surface area contributed by atoms with Crippen molar-refractivity contribution in [3.8, 4) is 0 Å². The second kappa shape index (κ2) is 7.03. The van der Waals surface area contributed by atoms with Crippen molar-refractivity contribution in [1.29, 1.82) is 5.41 Å². The van der Waals surface area contributed by atoms with E-state index in [0.29, 0.717) is 0 Å². The Hall–Kier alpha value is -1.37. The molecule has 2 N–H and O–H groups in total. The molecule has 0 aromatic carbocycles. The second-order valence-electron chi connectivity index (χ2n) is 4.81. The first-order valence-electron chi connectivity index (χ1n) is 6.62. The van der Waals surface area contributed by atoms with Gasteiger partial charge in [-0.15, -0.1) is 0 Å². The van der Waals surface area contributed by atoms with Gasteiger partial charge >= 0.3 is 5.97 Å². The Balaban J connectivity index is 2.55. The van der Waals surface area contributed by atoms with Crippen molar-refractivity contribution in [2.24, 2.45) is 5.92 Å². The van der Waals surface area contributed by atoms with Gasteiger partial charge in [0.2, 0.25) is 0 Å². The molecule has 0 spiro atoms. The average Bonchev–Trinajstić information content (AvgIpc) is 3.22. The normalized spacial score (nSPS) is 20.7. The molecule has 2 rings (SSSR count). The van der Waals surface area contributed by atoms with E-state index in [2.05, 4.69) is 4.98 Å². The van der Waals surface area contributed by atoms with Crippen LogP contribution in [0.2, 0.25) is 15.2 Å². The highest BCUT2D eigenvalue weighted by Gasteiger charge is 2.44. The van der Waals surface area contributed by atoms with E-state index >= 15 is 0 Å². The minimum atomic E-state index is -1.22. The second-order valence-corrected chi connectivity index (χ2v) is 5.92. The Morgan fingerprint density at radius 3 is 2.61 bits per heavy atom. The molecule has 124 valence electrons. The predicted octanol–water partition coefficient (Wildman–Crippen LogP) is 4.25. The lowest BCUT2D eigenvalue weighted by Crippen LogP contribution is -2.20. The van der Waals surface area contributed by atoms with E-state index in [1.165, 1.54) is 0 Å². The zero-order valence-electron chi connectivity index (χ0n) is 11.9. The molecule has 1 aromatic heterocycles. The van der Waals surface area contributed by atoms with Crippen LogP contribution in [0.25, 0.3) is 5.76 Å². The number of aliphatic hydroxyl groups excluding tert-OH is 1. The number of ether oxygens (including phenoxy) is 1. The van der Waals surface area contributed by atoms with E-state index in [9.17, 15) is 14.3 Å². The molecule has 9 heteroatoms. The molecule has 2 atom stereocenters. The largest absolute Gasteiger partial charge is 0.506 e. The van der Waals surface area contributed by atoms with E-state index in [1.807, 2.05) is 0 Å². The molecule has 1 aliphatic rings. The minimum absolute atomic E-state index is 0.0277. The molecule has 5 nitrogen and oxygen atoms in total. The first kappa shape index (κ1) is 18.0. The molecule has 1 aromatic rings. The van der Waals surface area contributed by atoms with Crippen molar-refractivity contribution in [3.63, 3.8) is 0 Å². The summed E-state index contributed by atoms with van der Waals surface area (Å²) in [6, 6.07) is 0. The van der Waals surface area contributed by atoms with E-state index in [-0.39, 0.29) is 39.5 Å². The fourth-order valence-electron chi connectivity index (χ4n) is 1.93. The van der Waals surface area contributed by atoms with E-state index in [0.717, 1.165) is 6.20 Å². The maximum absolute atomic E-state index is 13.2. The van der Waals surface area contributed by atoms with Crippen LogP contribution in [0.1, 0.15) is 18.9 Å². The number of carbonyl (C=O) groups excluding carboxylic acids is 1. The molecule has 0 saturated heterocycles. The van der Waals surface area contributed by atoms with E-state index in [4.69, 9.17) is 44.9 Å². The molecule has 1 aliphatic carbocycles. The molecule has 0 bridgehead atoms. The van der Waals surface area contributed by atoms with Gasteiger partial charge in [-0.3, -0.25) is 0 Å². The number of carbonyl (C=O) groups is 1. The summed E-state index contributed by atoms with van der Waals surface area (Å²) in [7, 11) is 0. The monoisotopic (exact) mass is 380 g/mol. The molecule has 1 saturated carbocycles. The van der Waals surface area contributed by atoms with Crippen molar-refractivity contribution < 1.29 is 19.0 Å². The summed E-state index contributed by atoms with van der Waals surface area (Å²) in [5.41, 5.74) is -0.903. The van der Waals surface area contributed by atoms with Crippen molar-refractivity contribution in [3.05, 3.63) is 32.5 Å². The Morgan fingerprint density at radius 1 is 1.48 bits per heavy atom. The van der Waals surface area contributed by atoms with Gasteiger partial charge in [-0.2, -0.15) is 0 Å². The highest BCUT2D eigenvalue weighted by atomic mass is 35.5. The van der Waals surface area contributed by atoms with Gasteiger partial charge in [-0.1, -0.05) is 34.8 Å². The number of rotatable bonds is 5. The zero-order valence-corrected chi connectivity index (χ0v) is 14.1. The number of pyridine rings is 1. The number of nitrogens with one attached hydrogen (secondary N) is 1. The van der Waals surface area contributed by atoms with Gasteiger partial charge in [0, 0.05) is 12.1 Å². The number of hydrogen-bond donors (Lipinski definition) is 2. The number of aliphatic hydroxyl groups is 1. The van der Waals surface area contributed by atoms with Gasteiger partial charge in [0.1, 0.15) is 22.7 Å². The number of esters is 1. The van der Waals surface area contributed by atoms with Crippen LogP contribution in [-0.4, -0.2) is 34.6 Å². The molecule has 0 unspecified atom stereocenters. The Labute approximate surface area is 146 Å². The van der Waals surface area contributed by atoms with Crippen LogP contribution in [0.4, 0.5) is 4.39 Å². The fourth-order valence-corrected chi connectivity index (χ4v) is 2.50. The Morgan fingerprint density at radius 2 is 2.09 bits per heavy atom. The lowest BCUT2D eigenvalue weighted by molar-refractivity contribution is -0.137. The number of aromatic nitrogens is 1. The number of hydrogen-bond acceptors (Lipinski definition) is 5. The summed E-state index contributed by atoms with van der Waals surface area (Å²) < 4.78 is 18.1. The van der Waals surface area contributed by atoms with Crippen LogP contribution in [-0.2, 0) is 9.53 Å². The van der Waals surface area contributed by atoms with Crippen molar-refractivity contribution >= 4 is 52.2 Å². The zero-order chi connectivity index (χ0) is 17.3. The number of alkyl halides is 1. The summed E-state index contributed by atoms with van der Waals surface area (Å²) in [4.78, 5) is 15.8. The van der Waals surface area contributed by atoms with Crippen LogP contribution < -0.4 is 0 Å². The summed E-state index contributed by atoms with van der Waals surface area (Å²) in [6.07, 6.45) is 0.00255. The van der Waals surface area contributed by atoms with Gasteiger partial charge in [-0.05, 0) is 13.3 Å². The highest BCUT2D eigenvalue weighted by molar-refractivity contribution is 6.48. The predicted molar refractivity (Wildman–Crippen MR) is 86.2 cm³/mol. The fraction of sp³-hybridized carbons (Fsp3) is 0.357. The van der Waals surface area contributed by atoms with E-state index < -0.39 is 29.4 Å². The topological polar surface area (TPSA) is 83.3 Å². The third-order valence-corrected chi connectivity index (χ3v) is 4.48. The average molecular weight is 382 g/mol. The number of halogens is 4. The Bertz CT molecular complexity index is 709. The molecular formula is C14H12Cl3FN2O3. The van der Waals surface area contributed by atoms with E-state index in [1.54, 1.807) is 6.92 Å². The first-order chi connectivity index (χ1) is 10.8. The molecule has 0 amide bonds. The van der Waals surface area contributed by atoms with Crippen LogP contribution in [0.15, 0.2) is 11.8 Å². The lowest BCUT2D eigenvalue weighted by atomic mass is 10.0. The molecule has 1 heterocycles. The molecular weight excluding hydrogens is 370 g/mol. The van der Waals surface area contributed by atoms with Gasteiger partial charge in [0.05, 0.1) is 27.9 Å². The standard InChI is InChI=1S/C14H12Cl3FN2O3/c1-2-23-14(22)8(11(19)5-3-7(5)18)12(21)6-4-20-13(17)10(16)9(6)15/h4-5,7,19,21H,2-3H2,1H3/t5-,7-/m0/s1.